The van der Waals surface area contributed by atoms with E-state index >= 15 is 0 Å². The molecule has 2 heterocycles. The first kappa shape index (κ1) is 17.9. The van der Waals surface area contributed by atoms with Crippen LogP contribution in [0.25, 0.3) is 0 Å². The lowest BCUT2D eigenvalue weighted by molar-refractivity contribution is -0.658. The maximum atomic E-state index is 11.8. The summed E-state index contributed by atoms with van der Waals surface area (Å²) in [4.78, 5) is 2.23. The molecule has 2 aromatic rings. The predicted molar refractivity (Wildman–Crippen MR) is 106 cm³/mol. The first-order valence-electron chi connectivity index (χ1n) is 9.58. The van der Waals surface area contributed by atoms with Gasteiger partial charge >= 0.3 is 0 Å². The molecule has 2 aromatic carbocycles. The summed E-state index contributed by atoms with van der Waals surface area (Å²) < 4.78 is 13.1. The van der Waals surface area contributed by atoms with Crippen LogP contribution in [-0.2, 0) is 5.72 Å². The molecule has 0 radical (unpaired) electrons. The van der Waals surface area contributed by atoms with E-state index in [2.05, 4.69) is 15.5 Å². The standard InChI is InChI=1S/C22H27N2O3/c1-26-18-13-11-17(12-14-18)22(25)16-23(19-8-5-6-9-20(19)27-2)21-10-4-3-7-15-24(21)22/h5-6,8-9,11-14,25H,3-4,7,10,15-16H2,1-2H3/q+1/t22-/m0/s1. The summed E-state index contributed by atoms with van der Waals surface area (Å²) in [6, 6.07) is 15.8. The molecular weight excluding hydrogens is 340 g/mol. The third-order valence-electron chi connectivity index (χ3n) is 5.66. The zero-order valence-corrected chi connectivity index (χ0v) is 16.0. The highest BCUT2D eigenvalue weighted by Crippen LogP contribution is 2.38. The van der Waals surface area contributed by atoms with Crippen molar-refractivity contribution in [2.24, 2.45) is 0 Å². The number of anilines is 1. The fraction of sp³-hybridized carbons (Fsp3) is 0.409. The van der Waals surface area contributed by atoms with Gasteiger partial charge in [0.05, 0.1) is 20.8 Å². The van der Waals surface area contributed by atoms with E-state index in [1.54, 1.807) is 14.2 Å². The number of amidine groups is 1. The van der Waals surface area contributed by atoms with Crippen LogP contribution in [0.5, 0.6) is 11.5 Å². The predicted octanol–water partition coefficient (Wildman–Crippen LogP) is 3.35. The topological polar surface area (TPSA) is 44.9 Å². The molecule has 2 aliphatic heterocycles. The molecule has 0 unspecified atom stereocenters. The van der Waals surface area contributed by atoms with Gasteiger partial charge in [-0.05, 0) is 55.7 Å². The summed E-state index contributed by atoms with van der Waals surface area (Å²) in [5.74, 6) is 2.80. The number of β-amino-alcohol motifs (C(OH)–C–C–N with tert-alkyl or cyclic N) is 1. The van der Waals surface area contributed by atoms with Crippen LogP contribution in [0.1, 0.15) is 31.2 Å². The lowest BCUT2D eigenvalue weighted by Gasteiger charge is -2.24. The van der Waals surface area contributed by atoms with E-state index in [0.717, 1.165) is 48.6 Å². The number of ether oxygens (including phenoxy) is 2. The van der Waals surface area contributed by atoms with Crippen molar-refractivity contribution in [2.75, 3.05) is 32.2 Å². The van der Waals surface area contributed by atoms with Gasteiger partial charge in [-0.1, -0.05) is 12.1 Å². The molecule has 0 saturated carbocycles. The molecule has 0 spiro atoms. The minimum atomic E-state index is -1.06. The van der Waals surface area contributed by atoms with E-state index in [1.165, 1.54) is 12.3 Å². The van der Waals surface area contributed by atoms with E-state index in [1.807, 2.05) is 42.5 Å². The van der Waals surface area contributed by atoms with Crippen LogP contribution >= 0.6 is 0 Å². The van der Waals surface area contributed by atoms with Crippen molar-refractivity contribution in [3.8, 4) is 11.5 Å². The van der Waals surface area contributed by atoms with Crippen molar-refractivity contribution in [3.05, 3.63) is 54.1 Å². The van der Waals surface area contributed by atoms with E-state index in [9.17, 15) is 5.11 Å². The van der Waals surface area contributed by atoms with Gasteiger partial charge in [0.2, 0.25) is 0 Å². The first-order chi connectivity index (χ1) is 13.2. The van der Waals surface area contributed by atoms with Crippen molar-refractivity contribution >= 4 is 11.5 Å². The van der Waals surface area contributed by atoms with Gasteiger partial charge in [-0.2, -0.15) is 0 Å². The Kier molecular flexibility index (Phi) is 4.79. The van der Waals surface area contributed by atoms with Crippen LogP contribution in [0.4, 0.5) is 5.69 Å². The summed E-state index contributed by atoms with van der Waals surface area (Å²) in [5.41, 5.74) is 0.832. The molecule has 0 aliphatic carbocycles. The minimum absolute atomic E-state index is 0.481. The van der Waals surface area contributed by atoms with E-state index in [0.29, 0.717) is 6.54 Å². The maximum absolute atomic E-state index is 11.8. The zero-order valence-electron chi connectivity index (χ0n) is 16.0. The minimum Gasteiger partial charge on any atom is -0.497 e. The molecule has 0 fully saturated rings. The molecular formula is C22H27N2O3+. The van der Waals surface area contributed by atoms with Crippen LogP contribution < -0.4 is 14.4 Å². The fourth-order valence-corrected chi connectivity index (χ4v) is 4.25. The number of benzene rings is 2. The quantitative estimate of drug-likeness (QED) is 0.842. The Balaban J connectivity index is 1.80. The van der Waals surface area contributed by atoms with Crippen molar-refractivity contribution < 1.29 is 19.2 Å². The molecule has 0 saturated heterocycles. The summed E-state index contributed by atoms with van der Waals surface area (Å²) in [6.07, 6.45) is 4.35. The summed E-state index contributed by atoms with van der Waals surface area (Å²) in [5, 5.41) is 11.8. The fourth-order valence-electron chi connectivity index (χ4n) is 4.25. The third kappa shape index (κ3) is 3.06. The van der Waals surface area contributed by atoms with Crippen molar-refractivity contribution in [1.82, 2.24) is 0 Å². The molecule has 27 heavy (non-hydrogen) atoms. The molecule has 142 valence electrons. The number of hydrogen-bond donors (Lipinski definition) is 1. The van der Waals surface area contributed by atoms with Crippen LogP contribution in [0.3, 0.4) is 0 Å². The Morgan fingerprint density at radius 1 is 0.963 bits per heavy atom. The summed E-state index contributed by atoms with van der Waals surface area (Å²) >= 11 is 0. The normalized spacial score (nSPS) is 22.4. The Morgan fingerprint density at radius 2 is 1.74 bits per heavy atom. The smallest absolute Gasteiger partial charge is 0.271 e. The molecule has 0 aromatic heterocycles. The molecule has 0 bridgehead atoms. The zero-order chi connectivity index (χ0) is 18.9. The van der Waals surface area contributed by atoms with Crippen LogP contribution in [0.15, 0.2) is 48.5 Å². The van der Waals surface area contributed by atoms with Crippen LogP contribution in [0, 0.1) is 0 Å². The van der Waals surface area contributed by atoms with Crippen molar-refractivity contribution in [3.63, 3.8) is 0 Å². The highest BCUT2D eigenvalue weighted by atomic mass is 16.5. The highest BCUT2D eigenvalue weighted by molar-refractivity contribution is 5.97. The molecule has 5 heteroatoms. The second-order valence-electron chi connectivity index (χ2n) is 7.18. The average Bonchev–Trinajstić information content (AvgIpc) is 2.87. The monoisotopic (exact) mass is 367 g/mol. The number of nitrogens with zero attached hydrogens (tertiary/aromatic N) is 2. The number of methoxy groups -OCH3 is 2. The maximum Gasteiger partial charge on any atom is 0.271 e. The molecule has 4 rings (SSSR count). The summed E-state index contributed by atoms with van der Waals surface area (Å²) in [6.45, 7) is 1.33. The van der Waals surface area contributed by atoms with Gasteiger partial charge in [-0.25, -0.2) is 9.48 Å². The van der Waals surface area contributed by atoms with E-state index in [-0.39, 0.29) is 0 Å². The highest BCUT2D eigenvalue weighted by Gasteiger charge is 2.52. The van der Waals surface area contributed by atoms with Crippen LogP contribution in [-0.4, -0.2) is 42.8 Å². The average molecular weight is 367 g/mol. The van der Waals surface area contributed by atoms with Gasteiger partial charge in [-0.3, -0.25) is 0 Å². The number of aliphatic hydroxyl groups is 1. The lowest BCUT2D eigenvalue weighted by Crippen LogP contribution is -2.41. The first-order valence-corrected chi connectivity index (χ1v) is 9.58. The van der Waals surface area contributed by atoms with Crippen molar-refractivity contribution in [2.45, 2.75) is 31.4 Å². The van der Waals surface area contributed by atoms with E-state index in [4.69, 9.17) is 9.47 Å². The molecule has 2 aliphatic rings. The van der Waals surface area contributed by atoms with Gasteiger partial charge in [0, 0.05) is 12.0 Å². The van der Waals surface area contributed by atoms with Gasteiger partial charge < -0.3 is 14.6 Å². The number of para-hydroxylation sites is 2. The Labute approximate surface area is 160 Å². The van der Waals surface area contributed by atoms with Crippen LogP contribution in [0.2, 0.25) is 0 Å². The second kappa shape index (κ2) is 7.24. The Hall–Kier alpha value is -2.53. The Morgan fingerprint density at radius 3 is 2.48 bits per heavy atom. The second-order valence-corrected chi connectivity index (χ2v) is 7.18. The molecule has 0 amide bonds. The van der Waals surface area contributed by atoms with Gasteiger partial charge in [0.25, 0.3) is 11.6 Å². The Bertz CT molecular complexity index is 847. The molecule has 1 atom stereocenters. The third-order valence-corrected chi connectivity index (χ3v) is 5.66. The number of rotatable bonds is 4. The van der Waals surface area contributed by atoms with Gasteiger partial charge in [-0.15, -0.1) is 0 Å². The van der Waals surface area contributed by atoms with Gasteiger partial charge in [0.1, 0.15) is 5.75 Å². The molecule has 1 N–H and O–H groups in total. The van der Waals surface area contributed by atoms with E-state index < -0.39 is 5.72 Å². The van der Waals surface area contributed by atoms with Gasteiger partial charge in [0.15, 0.2) is 18.0 Å². The largest absolute Gasteiger partial charge is 0.497 e. The summed E-state index contributed by atoms with van der Waals surface area (Å²) in [7, 11) is 3.35. The van der Waals surface area contributed by atoms with Crippen molar-refractivity contribution in [1.29, 1.82) is 0 Å². The number of hydrogen-bond acceptors (Lipinski definition) is 4. The SMILES string of the molecule is COc1ccc([C@@]2(O)CN(c3ccccc3OC)C3=[N+]2CCCCC3)cc1. The lowest BCUT2D eigenvalue weighted by atomic mass is 10.0. The molecule has 5 nitrogen and oxygen atoms in total.